The van der Waals surface area contributed by atoms with Gasteiger partial charge in [0.2, 0.25) is 5.91 Å². The standard InChI is InChI=1S/C21H23FN6O2/c1-14-11-19-23-12-18(15(2)28(19)25-14)21(30)27-9-7-26(8-10-27)13-20(29)24-17-5-3-16(22)4-6-17/h3-6,11-12H,7-10,13H2,1-2H3,(H,24,29). The lowest BCUT2D eigenvalue weighted by molar-refractivity contribution is -0.117. The van der Waals surface area contributed by atoms with Crippen molar-refractivity contribution in [3.63, 3.8) is 0 Å². The summed E-state index contributed by atoms with van der Waals surface area (Å²) in [5.74, 6) is -0.590. The van der Waals surface area contributed by atoms with Crippen molar-refractivity contribution in [2.45, 2.75) is 13.8 Å². The monoisotopic (exact) mass is 410 g/mol. The SMILES string of the molecule is Cc1cc2ncc(C(=O)N3CCN(CC(=O)Nc4ccc(F)cc4)CC3)c(C)n2n1. The van der Waals surface area contributed by atoms with E-state index in [1.807, 2.05) is 24.8 Å². The van der Waals surface area contributed by atoms with Crippen LogP contribution in [0.3, 0.4) is 0 Å². The number of fused-ring (bicyclic) bond motifs is 1. The highest BCUT2D eigenvalue weighted by Crippen LogP contribution is 2.15. The third-order valence-corrected chi connectivity index (χ3v) is 5.23. The van der Waals surface area contributed by atoms with E-state index in [1.54, 1.807) is 15.6 Å². The molecule has 1 N–H and O–H groups in total. The zero-order valence-electron chi connectivity index (χ0n) is 16.9. The Labute approximate surface area is 173 Å². The van der Waals surface area contributed by atoms with E-state index < -0.39 is 0 Å². The molecule has 1 saturated heterocycles. The highest BCUT2D eigenvalue weighted by molar-refractivity contribution is 5.95. The van der Waals surface area contributed by atoms with Crippen LogP contribution in [0.1, 0.15) is 21.7 Å². The lowest BCUT2D eigenvalue weighted by Gasteiger charge is -2.34. The molecule has 1 aliphatic rings. The first-order valence-corrected chi connectivity index (χ1v) is 9.80. The van der Waals surface area contributed by atoms with Crippen LogP contribution < -0.4 is 5.32 Å². The van der Waals surface area contributed by atoms with Gasteiger partial charge >= 0.3 is 0 Å². The second kappa shape index (κ2) is 8.19. The quantitative estimate of drug-likeness (QED) is 0.710. The van der Waals surface area contributed by atoms with Crippen LogP contribution in [0.2, 0.25) is 0 Å². The summed E-state index contributed by atoms with van der Waals surface area (Å²) in [6, 6.07) is 7.53. The summed E-state index contributed by atoms with van der Waals surface area (Å²) < 4.78 is 14.7. The third kappa shape index (κ3) is 4.16. The largest absolute Gasteiger partial charge is 0.336 e. The number of aryl methyl sites for hydroxylation is 2. The van der Waals surface area contributed by atoms with Crippen molar-refractivity contribution in [3.05, 3.63) is 59.3 Å². The fraction of sp³-hybridized carbons (Fsp3) is 0.333. The first-order valence-electron chi connectivity index (χ1n) is 9.80. The molecule has 3 heterocycles. The van der Waals surface area contributed by atoms with Gasteiger partial charge in [0, 0.05) is 44.1 Å². The van der Waals surface area contributed by atoms with Crippen LogP contribution in [-0.2, 0) is 4.79 Å². The zero-order chi connectivity index (χ0) is 21.3. The van der Waals surface area contributed by atoms with Crippen molar-refractivity contribution >= 4 is 23.1 Å². The summed E-state index contributed by atoms with van der Waals surface area (Å²) in [7, 11) is 0. The maximum atomic E-state index is 13.0. The number of benzene rings is 1. The van der Waals surface area contributed by atoms with E-state index in [4.69, 9.17) is 0 Å². The summed E-state index contributed by atoms with van der Waals surface area (Å²) in [6.07, 6.45) is 1.61. The summed E-state index contributed by atoms with van der Waals surface area (Å²) >= 11 is 0. The molecule has 8 nitrogen and oxygen atoms in total. The van der Waals surface area contributed by atoms with Crippen LogP contribution >= 0.6 is 0 Å². The second-order valence-electron chi connectivity index (χ2n) is 7.44. The maximum absolute atomic E-state index is 13.0. The van der Waals surface area contributed by atoms with Crippen molar-refractivity contribution in [2.75, 3.05) is 38.0 Å². The van der Waals surface area contributed by atoms with Gasteiger partial charge in [-0.3, -0.25) is 14.5 Å². The Kier molecular flexibility index (Phi) is 5.45. The normalized spacial score (nSPS) is 14.8. The Bertz CT molecular complexity index is 1090. The van der Waals surface area contributed by atoms with E-state index in [0.29, 0.717) is 37.4 Å². The molecular weight excluding hydrogens is 387 g/mol. The topological polar surface area (TPSA) is 82.8 Å². The van der Waals surface area contributed by atoms with Gasteiger partial charge < -0.3 is 10.2 Å². The van der Waals surface area contributed by atoms with E-state index in [9.17, 15) is 14.0 Å². The number of amides is 2. The molecule has 2 amide bonds. The Morgan fingerprint density at radius 3 is 2.50 bits per heavy atom. The average molecular weight is 410 g/mol. The predicted octanol–water partition coefficient (Wildman–Crippen LogP) is 1.88. The van der Waals surface area contributed by atoms with Crippen molar-refractivity contribution in [1.29, 1.82) is 0 Å². The Morgan fingerprint density at radius 1 is 1.10 bits per heavy atom. The van der Waals surface area contributed by atoms with Gasteiger partial charge in [-0.05, 0) is 38.1 Å². The van der Waals surface area contributed by atoms with E-state index in [0.717, 1.165) is 17.0 Å². The van der Waals surface area contributed by atoms with Gasteiger partial charge in [0.15, 0.2) is 5.65 Å². The molecule has 156 valence electrons. The molecule has 0 radical (unpaired) electrons. The minimum absolute atomic E-state index is 0.0783. The second-order valence-corrected chi connectivity index (χ2v) is 7.44. The maximum Gasteiger partial charge on any atom is 0.257 e. The number of rotatable bonds is 4. The van der Waals surface area contributed by atoms with Gasteiger partial charge in [-0.15, -0.1) is 0 Å². The average Bonchev–Trinajstić information content (AvgIpc) is 3.11. The number of carbonyl (C=O) groups excluding carboxylic acids is 2. The number of hydrogen-bond acceptors (Lipinski definition) is 5. The van der Waals surface area contributed by atoms with Gasteiger partial charge in [0.1, 0.15) is 5.82 Å². The summed E-state index contributed by atoms with van der Waals surface area (Å²) in [5, 5.41) is 7.15. The molecule has 1 fully saturated rings. The number of nitrogens with one attached hydrogen (secondary N) is 1. The molecule has 9 heteroatoms. The fourth-order valence-electron chi connectivity index (χ4n) is 3.59. The third-order valence-electron chi connectivity index (χ3n) is 5.23. The minimum atomic E-state index is -0.346. The van der Waals surface area contributed by atoms with Crippen LogP contribution in [0, 0.1) is 19.7 Å². The van der Waals surface area contributed by atoms with Crippen LogP contribution in [0.5, 0.6) is 0 Å². The lowest BCUT2D eigenvalue weighted by atomic mass is 10.2. The number of carbonyl (C=O) groups is 2. The van der Waals surface area contributed by atoms with Gasteiger partial charge in [-0.25, -0.2) is 13.9 Å². The molecule has 3 aromatic rings. The predicted molar refractivity (Wildman–Crippen MR) is 110 cm³/mol. The van der Waals surface area contributed by atoms with E-state index >= 15 is 0 Å². The van der Waals surface area contributed by atoms with Crippen molar-refractivity contribution in [1.82, 2.24) is 24.4 Å². The number of halogens is 1. The molecule has 0 bridgehead atoms. The molecule has 0 unspecified atom stereocenters. The van der Waals surface area contributed by atoms with Gasteiger partial charge in [0.05, 0.1) is 23.5 Å². The molecule has 0 atom stereocenters. The van der Waals surface area contributed by atoms with Gasteiger partial charge in [-0.2, -0.15) is 5.10 Å². The first-order chi connectivity index (χ1) is 14.4. The first kappa shape index (κ1) is 20.0. The molecule has 0 saturated carbocycles. The van der Waals surface area contributed by atoms with Gasteiger partial charge in [0.25, 0.3) is 5.91 Å². The summed E-state index contributed by atoms with van der Waals surface area (Å²) in [4.78, 5) is 33.3. The minimum Gasteiger partial charge on any atom is -0.336 e. The Morgan fingerprint density at radius 2 is 1.80 bits per heavy atom. The van der Waals surface area contributed by atoms with E-state index in [-0.39, 0.29) is 24.2 Å². The van der Waals surface area contributed by atoms with Crippen LogP contribution in [-0.4, -0.2) is 68.9 Å². The zero-order valence-corrected chi connectivity index (χ0v) is 16.9. The molecule has 0 spiro atoms. The van der Waals surface area contributed by atoms with Crippen molar-refractivity contribution in [2.24, 2.45) is 0 Å². The Hall–Kier alpha value is -3.33. The number of piperazine rings is 1. The van der Waals surface area contributed by atoms with E-state index in [1.165, 1.54) is 24.3 Å². The summed E-state index contributed by atoms with van der Waals surface area (Å²) in [6.45, 7) is 6.22. The Balaban J connectivity index is 1.34. The smallest absolute Gasteiger partial charge is 0.257 e. The lowest BCUT2D eigenvalue weighted by Crippen LogP contribution is -2.50. The molecule has 1 aromatic carbocycles. The van der Waals surface area contributed by atoms with Crippen molar-refractivity contribution < 1.29 is 14.0 Å². The van der Waals surface area contributed by atoms with Crippen LogP contribution in [0.15, 0.2) is 36.5 Å². The van der Waals surface area contributed by atoms with Crippen LogP contribution in [0.4, 0.5) is 10.1 Å². The fourth-order valence-corrected chi connectivity index (χ4v) is 3.59. The van der Waals surface area contributed by atoms with Crippen molar-refractivity contribution in [3.8, 4) is 0 Å². The molecule has 0 aliphatic carbocycles. The van der Waals surface area contributed by atoms with Gasteiger partial charge in [-0.1, -0.05) is 0 Å². The number of hydrogen-bond donors (Lipinski definition) is 1. The number of anilines is 1. The molecule has 4 rings (SSSR count). The highest BCUT2D eigenvalue weighted by atomic mass is 19.1. The molecule has 2 aromatic heterocycles. The number of nitrogens with zero attached hydrogens (tertiary/aromatic N) is 5. The van der Waals surface area contributed by atoms with E-state index in [2.05, 4.69) is 15.4 Å². The summed E-state index contributed by atoms with van der Waals surface area (Å²) in [5.41, 5.74) is 3.43. The highest BCUT2D eigenvalue weighted by Gasteiger charge is 2.25. The molecular formula is C21H23FN6O2. The van der Waals surface area contributed by atoms with Crippen LogP contribution in [0.25, 0.3) is 5.65 Å². The molecule has 1 aliphatic heterocycles. The number of aromatic nitrogens is 3. The molecule has 30 heavy (non-hydrogen) atoms.